The van der Waals surface area contributed by atoms with Crippen LogP contribution in [0.4, 0.5) is 28.4 Å². The lowest BCUT2D eigenvalue weighted by atomic mass is 9.82. The third-order valence-corrected chi connectivity index (χ3v) is 16.8. The summed E-state index contributed by atoms with van der Waals surface area (Å²) in [6, 6.07) is 41.6. The van der Waals surface area contributed by atoms with Crippen molar-refractivity contribution in [3.8, 4) is 23.0 Å². The summed E-state index contributed by atoms with van der Waals surface area (Å²) in [5.41, 5.74) is 2.61. The molecule has 6 aromatic carbocycles. The Morgan fingerprint density at radius 2 is 1.25 bits per heavy atom. The van der Waals surface area contributed by atoms with E-state index in [1.807, 2.05) is 117 Å². The number of hydrogen-bond acceptors (Lipinski definition) is 9. The first-order chi connectivity index (χ1) is 32.9. The SMILES string of the molecule is C[C@@H]1[C@@H]([Si](C)(C)O)[C@H](CC(=O)N2CCC[C@H]2CO)O[C@@]12C(=O)N(Cc1ccc(N3C(=O)c4ccccc4Oc4ccccc43)cc1)c1ccc(N3C(=O)c4ccccc4Oc4ccccc43)cc12. The lowest BCUT2D eigenvalue weighted by Gasteiger charge is -2.33. The van der Waals surface area contributed by atoms with Crippen LogP contribution in [0.2, 0.25) is 18.6 Å². The number of likely N-dealkylation sites (tertiary alicyclic amines) is 1. The second-order valence-electron chi connectivity index (χ2n) is 18.8. The molecule has 11 rings (SSSR count). The second-order valence-corrected chi connectivity index (χ2v) is 22.8. The predicted molar refractivity (Wildman–Crippen MR) is 259 cm³/mol. The minimum Gasteiger partial charge on any atom is -0.454 e. The molecule has 6 aromatic rings. The van der Waals surface area contributed by atoms with Crippen LogP contribution in [-0.4, -0.2) is 72.0 Å². The van der Waals surface area contributed by atoms with Crippen molar-refractivity contribution in [2.75, 3.05) is 27.9 Å². The Labute approximate surface area is 394 Å². The van der Waals surface area contributed by atoms with E-state index >= 15 is 4.79 Å². The highest BCUT2D eigenvalue weighted by molar-refractivity contribution is 6.71. The van der Waals surface area contributed by atoms with E-state index in [1.54, 1.807) is 62.1 Å². The molecular weight excluding hydrogens is 877 g/mol. The Morgan fingerprint density at radius 1 is 0.706 bits per heavy atom. The molecule has 2 fully saturated rings. The van der Waals surface area contributed by atoms with E-state index in [-0.39, 0.29) is 49.2 Å². The molecule has 5 atom stereocenters. The van der Waals surface area contributed by atoms with Crippen LogP contribution in [0.3, 0.4) is 0 Å². The topological polar surface area (TPSA) is 149 Å². The normalized spacial score (nSPS) is 22.8. The fourth-order valence-electron chi connectivity index (χ4n) is 11.3. The van der Waals surface area contributed by atoms with Gasteiger partial charge in [0, 0.05) is 34.9 Å². The number of nitrogens with zero attached hydrogens (tertiary/aromatic N) is 4. The van der Waals surface area contributed by atoms with Gasteiger partial charge in [-0.25, -0.2) is 0 Å². The largest absolute Gasteiger partial charge is 0.454 e. The van der Waals surface area contributed by atoms with Gasteiger partial charge in [-0.1, -0.05) is 67.6 Å². The van der Waals surface area contributed by atoms with E-state index in [9.17, 15) is 24.3 Å². The zero-order chi connectivity index (χ0) is 47.1. The first kappa shape index (κ1) is 43.5. The molecule has 13 nitrogen and oxygen atoms in total. The van der Waals surface area contributed by atoms with Crippen LogP contribution in [0, 0.1) is 5.92 Å². The average Bonchev–Trinajstić information content (AvgIpc) is 3.95. The molecule has 0 radical (unpaired) electrons. The molecule has 5 aliphatic heterocycles. The molecule has 0 aliphatic carbocycles. The summed E-state index contributed by atoms with van der Waals surface area (Å²) in [6.45, 7) is 6.04. The van der Waals surface area contributed by atoms with Crippen molar-refractivity contribution in [1.29, 1.82) is 0 Å². The van der Waals surface area contributed by atoms with Gasteiger partial charge in [0.25, 0.3) is 17.7 Å². The van der Waals surface area contributed by atoms with Crippen LogP contribution in [0.1, 0.15) is 58.0 Å². The van der Waals surface area contributed by atoms with Gasteiger partial charge < -0.3 is 33.9 Å². The number of fused-ring (bicyclic) bond motifs is 6. The van der Waals surface area contributed by atoms with Crippen LogP contribution in [0.25, 0.3) is 0 Å². The molecule has 5 heterocycles. The molecule has 0 bridgehead atoms. The van der Waals surface area contributed by atoms with Gasteiger partial charge in [-0.15, -0.1) is 0 Å². The fourth-order valence-corrected chi connectivity index (χ4v) is 13.8. The Hall–Kier alpha value is -7.10. The van der Waals surface area contributed by atoms with Crippen molar-refractivity contribution >= 4 is 60.4 Å². The maximum atomic E-state index is 15.7. The van der Waals surface area contributed by atoms with Crippen LogP contribution >= 0.6 is 0 Å². The Bertz CT molecular complexity index is 3030. The zero-order valence-electron chi connectivity index (χ0n) is 37.9. The maximum absolute atomic E-state index is 15.7. The molecule has 1 spiro atoms. The van der Waals surface area contributed by atoms with Gasteiger partial charge in [-0.3, -0.25) is 29.0 Å². The number of benzene rings is 6. The van der Waals surface area contributed by atoms with Gasteiger partial charge in [-0.05, 0) is 110 Å². The molecule has 4 amide bonds. The number of carbonyl (C=O) groups is 4. The van der Waals surface area contributed by atoms with E-state index in [1.165, 1.54) is 0 Å². The van der Waals surface area contributed by atoms with E-state index in [0.29, 0.717) is 81.1 Å². The number of carbonyl (C=O) groups excluding carboxylic acids is 4. The number of hydrogen-bond donors (Lipinski definition) is 2. The summed E-state index contributed by atoms with van der Waals surface area (Å²) in [7, 11) is -3.19. The highest BCUT2D eigenvalue weighted by atomic mass is 28.4. The van der Waals surface area contributed by atoms with Gasteiger partial charge in [0.2, 0.25) is 5.91 Å². The molecule has 14 heteroatoms. The summed E-state index contributed by atoms with van der Waals surface area (Å²) < 4.78 is 19.7. The molecule has 0 unspecified atom stereocenters. The molecular formula is C54H50N4O9Si. The van der Waals surface area contributed by atoms with E-state index in [0.717, 1.165) is 12.0 Å². The van der Waals surface area contributed by atoms with Crippen LogP contribution in [-0.2, 0) is 26.5 Å². The molecule has 344 valence electrons. The second kappa shape index (κ2) is 16.6. The summed E-state index contributed by atoms with van der Waals surface area (Å²) in [6.07, 6.45) is 0.566. The van der Waals surface area contributed by atoms with Crippen molar-refractivity contribution in [2.24, 2.45) is 5.92 Å². The first-order valence-corrected chi connectivity index (χ1v) is 26.2. The van der Waals surface area contributed by atoms with E-state index in [4.69, 9.17) is 14.2 Å². The van der Waals surface area contributed by atoms with Gasteiger partial charge in [0.05, 0.1) is 59.9 Å². The number of ether oxygens (including phenoxy) is 3. The minimum atomic E-state index is -3.19. The lowest BCUT2D eigenvalue weighted by Crippen LogP contribution is -2.46. The molecule has 5 aliphatic rings. The Kier molecular flexibility index (Phi) is 10.6. The molecule has 0 aromatic heterocycles. The first-order valence-electron chi connectivity index (χ1n) is 23.1. The fraction of sp³-hybridized carbons (Fsp3) is 0.259. The number of rotatable bonds is 8. The summed E-state index contributed by atoms with van der Waals surface area (Å²) in [5.74, 6) is 0.167. The van der Waals surface area contributed by atoms with Crippen molar-refractivity contribution in [3.63, 3.8) is 0 Å². The van der Waals surface area contributed by atoms with Gasteiger partial charge in [0.15, 0.2) is 25.4 Å². The number of aliphatic hydroxyl groups is 1. The van der Waals surface area contributed by atoms with Crippen molar-refractivity contribution in [3.05, 3.63) is 162 Å². The molecule has 0 saturated carbocycles. The highest BCUT2D eigenvalue weighted by Gasteiger charge is 2.66. The third-order valence-electron chi connectivity index (χ3n) is 14.3. The quantitative estimate of drug-likeness (QED) is 0.142. The smallest absolute Gasteiger partial charge is 0.266 e. The van der Waals surface area contributed by atoms with Crippen molar-refractivity contribution < 1.29 is 43.3 Å². The number of anilines is 5. The number of amides is 4. The van der Waals surface area contributed by atoms with Crippen LogP contribution < -0.4 is 24.2 Å². The Balaban J connectivity index is 1.01. The van der Waals surface area contributed by atoms with Gasteiger partial charge >= 0.3 is 0 Å². The summed E-state index contributed by atoms with van der Waals surface area (Å²) in [4.78, 5) is 77.5. The zero-order valence-corrected chi connectivity index (χ0v) is 38.9. The average molecular weight is 927 g/mol. The highest BCUT2D eigenvalue weighted by Crippen LogP contribution is 2.61. The van der Waals surface area contributed by atoms with Crippen LogP contribution in [0.15, 0.2) is 140 Å². The standard InChI is InChI=1S/C54H50N4O9Si/c1-33-50(68(2,3)64)48(30-49(60)55-28-12-13-37(55)32-59)67-54(33)40-29-36(58-43-17-7-11-21-47(43)66-45-19-9-5-15-39(45)52(58)62)26-27-41(40)56(53(54)63)31-34-22-24-35(25-23-34)57-42-16-6-10-20-46(42)65-44-18-8-4-14-38(44)51(57)61/h4-11,14-27,29,33,37,48,50,59,64H,12-13,28,30-32H2,1-3H3/t33-,37+,48+,50-,54+/m1/s1. The summed E-state index contributed by atoms with van der Waals surface area (Å²) in [5, 5.41) is 10.1. The molecule has 2 N–H and O–H groups in total. The number of aliphatic hydroxyl groups excluding tert-OH is 1. The number of para-hydroxylation sites is 6. The van der Waals surface area contributed by atoms with E-state index < -0.39 is 31.5 Å². The Morgan fingerprint density at radius 3 is 1.84 bits per heavy atom. The monoisotopic (exact) mass is 926 g/mol. The van der Waals surface area contributed by atoms with Crippen molar-refractivity contribution in [2.45, 2.75) is 69.1 Å². The predicted octanol–water partition coefficient (Wildman–Crippen LogP) is 9.57. The lowest BCUT2D eigenvalue weighted by molar-refractivity contribution is -0.150. The van der Waals surface area contributed by atoms with Gasteiger partial charge in [-0.2, -0.15) is 0 Å². The molecule has 2 saturated heterocycles. The molecule has 68 heavy (non-hydrogen) atoms. The minimum absolute atomic E-state index is 0.0754. The van der Waals surface area contributed by atoms with Crippen molar-refractivity contribution in [1.82, 2.24) is 4.90 Å². The van der Waals surface area contributed by atoms with Gasteiger partial charge in [0.1, 0.15) is 11.5 Å². The maximum Gasteiger partial charge on any atom is 0.266 e. The summed E-state index contributed by atoms with van der Waals surface area (Å²) >= 11 is 0. The third kappa shape index (κ3) is 6.92. The van der Waals surface area contributed by atoms with E-state index in [2.05, 4.69) is 0 Å². The van der Waals surface area contributed by atoms with Crippen LogP contribution in [0.5, 0.6) is 23.0 Å².